The molecule has 1 amide bonds. The van der Waals surface area contributed by atoms with E-state index in [9.17, 15) is 79.1 Å². The van der Waals surface area contributed by atoms with Crippen molar-refractivity contribution < 1.29 is 79.1 Å². The molecule has 0 spiro atoms. The smallest absolute Gasteiger partial charge is 0.268 e. The van der Waals surface area contributed by atoms with E-state index in [1.54, 1.807) is 0 Å². The summed E-state index contributed by atoms with van der Waals surface area (Å²) in [6, 6.07) is -1.76. The highest BCUT2D eigenvalue weighted by atomic mass is 32.2. The molecule has 0 radical (unpaired) electrons. The first-order chi connectivity index (χ1) is 14.2. The van der Waals surface area contributed by atoms with Crippen molar-refractivity contribution in [1.29, 1.82) is 0 Å². The number of benzene rings is 1. The molecule has 0 aliphatic carbocycles. The Labute approximate surface area is 171 Å². The van der Waals surface area contributed by atoms with Crippen molar-refractivity contribution in [2.75, 3.05) is 0 Å². The van der Waals surface area contributed by atoms with Gasteiger partial charge in [0.05, 0.1) is 11.1 Å². The summed E-state index contributed by atoms with van der Waals surface area (Å²) >= 11 is 0. The van der Waals surface area contributed by atoms with Crippen LogP contribution in [0, 0.1) is 0 Å². The molecule has 33 heavy (non-hydrogen) atoms. The van der Waals surface area contributed by atoms with Crippen LogP contribution >= 0.6 is 0 Å². The second-order valence-electron chi connectivity index (χ2n) is 5.89. The molecule has 4 nitrogen and oxygen atoms in total. The number of carbonyl (C=O) groups is 1. The van der Waals surface area contributed by atoms with Gasteiger partial charge in [-0.05, 0) is 18.2 Å². The molecule has 0 aliphatic rings. The molecule has 0 atom stereocenters. The maximum atomic E-state index is 13.5. The minimum absolute atomic E-state index is 0.232. The van der Waals surface area contributed by atoms with Gasteiger partial charge in [-0.1, -0.05) is 0 Å². The summed E-state index contributed by atoms with van der Waals surface area (Å²) in [6.45, 7) is 0. The molecule has 0 saturated carbocycles. The van der Waals surface area contributed by atoms with Crippen LogP contribution in [0.15, 0.2) is 18.2 Å². The maximum Gasteiger partial charge on any atom is 0.460 e. The zero-order valence-corrected chi connectivity index (χ0v) is 15.4. The molecule has 0 aliphatic heterocycles. The molecule has 0 bridgehead atoms. The first kappa shape index (κ1) is 28.6. The number of alkyl halides is 15. The first-order valence-corrected chi connectivity index (χ1v) is 8.75. The van der Waals surface area contributed by atoms with Crippen molar-refractivity contribution >= 4 is 15.9 Å². The van der Waals surface area contributed by atoms with Crippen molar-refractivity contribution in [1.82, 2.24) is 4.72 Å². The van der Waals surface area contributed by atoms with Gasteiger partial charge in [0.25, 0.3) is 5.91 Å². The largest absolute Gasteiger partial charge is 0.460 e. The van der Waals surface area contributed by atoms with Crippen LogP contribution in [0.1, 0.15) is 21.5 Å². The Hall–Kier alpha value is -2.41. The van der Waals surface area contributed by atoms with E-state index < -0.39 is 86.4 Å². The number of hydrogen-bond donors (Lipinski definition) is 1. The molecule has 190 valence electrons. The summed E-state index contributed by atoms with van der Waals surface area (Å²) < 4.78 is 214. The molecule has 0 saturated heterocycles. The van der Waals surface area contributed by atoms with Crippen LogP contribution in [0.3, 0.4) is 0 Å². The number of sulfonamides is 1. The second-order valence-corrected chi connectivity index (χ2v) is 7.62. The SMILES string of the molecule is O=C(NS(=O)(=O)C(F)(F)C(F)(F)C(F)(F)C(F)(F)F)c1cc(C(F)(F)F)cc(C(F)(F)F)c1. The lowest BCUT2D eigenvalue weighted by atomic mass is 10.0. The lowest BCUT2D eigenvalue weighted by Gasteiger charge is -2.32. The standard InChI is InChI=1S/C13H4F15NO3S/c14-8(15,16)5-1-4(2-6(3-5)9(17,18)19)7(30)29-33(31,32)13(27,28)11(22,23)10(20,21)12(24,25)26/h1-3H,(H,29,30). The average Bonchev–Trinajstić information content (AvgIpc) is 2.57. The van der Waals surface area contributed by atoms with Crippen LogP contribution in [0.4, 0.5) is 65.9 Å². The highest BCUT2D eigenvalue weighted by Gasteiger charge is 2.85. The van der Waals surface area contributed by atoms with Crippen molar-refractivity contribution in [2.45, 2.75) is 35.6 Å². The van der Waals surface area contributed by atoms with E-state index in [1.807, 2.05) is 0 Å². The highest BCUT2D eigenvalue weighted by molar-refractivity contribution is 7.91. The van der Waals surface area contributed by atoms with Gasteiger partial charge in [-0.3, -0.25) is 4.79 Å². The number of nitrogens with one attached hydrogen (secondary N) is 1. The van der Waals surface area contributed by atoms with Crippen molar-refractivity contribution in [3.05, 3.63) is 34.9 Å². The number of hydrogen-bond acceptors (Lipinski definition) is 3. The number of halogens is 15. The molecule has 1 aromatic carbocycles. The number of amides is 1. The minimum Gasteiger partial charge on any atom is -0.268 e. The summed E-state index contributed by atoms with van der Waals surface area (Å²) in [7, 11) is -7.63. The average molecular weight is 539 g/mol. The summed E-state index contributed by atoms with van der Waals surface area (Å²) in [5, 5.41) is -7.46. The predicted molar refractivity (Wildman–Crippen MR) is 73.7 cm³/mol. The van der Waals surface area contributed by atoms with E-state index >= 15 is 0 Å². The van der Waals surface area contributed by atoms with Gasteiger partial charge < -0.3 is 0 Å². The topological polar surface area (TPSA) is 63.2 Å². The third kappa shape index (κ3) is 5.08. The Morgan fingerprint density at radius 3 is 1.30 bits per heavy atom. The van der Waals surface area contributed by atoms with Crippen LogP contribution in [-0.2, 0) is 22.4 Å². The summed E-state index contributed by atoms with van der Waals surface area (Å²) in [5.74, 6) is -18.4. The molecule has 20 heteroatoms. The van der Waals surface area contributed by atoms with E-state index in [4.69, 9.17) is 0 Å². The molecule has 0 aromatic heterocycles. The van der Waals surface area contributed by atoms with Gasteiger partial charge in [-0.2, -0.15) is 74.3 Å². The van der Waals surface area contributed by atoms with Crippen molar-refractivity contribution in [3.63, 3.8) is 0 Å². The van der Waals surface area contributed by atoms with Gasteiger partial charge in [0, 0.05) is 5.56 Å². The molecule has 0 unspecified atom stereocenters. The number of rotatable bonds is 5. The molecule has 1 aromatic rings. The fourth-order valence-corrected chi connectivity index (χ4v) is 2.82. The lowest BCUT2D eigenvalue weighted by Crippen LogP contribution is -2.65. The Morgan fingerprint density at radius 1 is 0.636 bits per heavy atom. The third-order valence-electron chi connectivity index (χ3n) is 3.53. The van der Waals surface area contributed by atoms with Crippen molar-refractivity contribution in [3.8, 4) is 0 Å². The zero-order chi connectivity index (χ0) is 26.6. The normalized spacial score (nSPS) is 14.9. The summed E-state index contributed by atoms with van der Waals surface area (Å²) in [5.41, 5.74) is -6.69. The van der Waals surface area contributed by atoms with E-state index in [-0.39, 0.29) is 4.72 Å². The van der Waals surface area contributed by atoms with Gasteiger partial charge in [0.1, 0.15) is 0 Å². The highest BCUT2D eigenvalue weighted by Crippen LogP contribution is 2.54. The van der Waals surface area contributed by atoms with E-state index in [0.717, 1.165) is 0 Å². The molecule has 0 heterocycles. The lowest BCUT2D eigenvalue weighted by molar-refractivity contribution is -0.382. The Morgan fingerprint density at radius 2 is 1.00 bits per heavy atom. The zero-order valence-electron chi connectivity index (χ0n) is 14.5. The van der Waals surface area contributed by atoms with E-state index in [0.29, 0.717) is 0 Å². The fraction of sp³-hybridized carbons (Fsp3) is 0.462. The van der Waals surface area contributed by atoms with Gasteiger partial charge in [0.15, 0.2) is 0 Å². The van der Waals surface area contributed by atoms with Gasteiger partial charge >= 0.3 is 45.7 Å². The summed E-state index contributed by atoms with van der Waals surface area (Å²) in [4.78, 5) is 11.6. The minimum atomic E-state index is -7.80. The molecule has 1 N–H and O–H groups in total. The number of carbonyl (C=O) groups excluding carboxylic acids is 1. The van der Waals surface area contributed by atoms with E-state index in [1.165, 1.54) is 0 Å². The molecular formula is C13H4F15NO3S. The first-order valence-electron chi connectivity index (χ1n) is 7.26. The van der Waals surface area contributed by atoms with Crippen LogP contribution in [0.25, 0.3) is 0 Å². The molecular weight excluding hydrogens is 535 g/mol. The summed E-state index contributed by atoms with van der Waals surface area (Å²) in [6.07, 6.45) is -18.8. The van der Waals surface area contributed by atoms with Crippen LogP contribution < -0.4 is 4.72 Å². The maximum absolute atomic E-state index is 13.5. The molecule has 0 fully saturated rings. The quantitative estimate of drug-likeness (QED) is 0.523. The van der Waals surface area contributed by atoms with E-state index in [2.05, 4.69) is 0 Å². The Kier molecular flexibility index (Phi) is 6.79. The fourth-order valence-electron chi connectivity index (χ4n) is 1.86. The monoisotopic (exact) mass is 539 g/mol. The molecule has 1 rings (SSSR count). The van der Waals surface area contributed by atoms with Gasteiger partial charge in [0.2, 0.25) is 0 Å². The Balaban J connectivity index is 3.55. The van der Waals surface area contributed by atoms with Gasteiger partial charge in [-0.15, -0.1) is 0 Å². The van der Waals surface area contributed by atoms with Crippen LogP contribution in [0.5, 0.6) is 0 Å². The Bertz CT molecular complexity index is 989. The van der Waals surface area contributed by atoms with Gasteiger partial charge in [-0.25, -0.2) is 4.72 Å². The predicted octanol–water partition coefficient (Wildman–Crippen LogP) is 5.21. The van der Waals surface area contributed by atoms with Crippen LogP contribution in [-0.4, -0.2) is 37.6 Å². The third-order valence-corrected chi connectivity index (χ3v) is 4.92. The van der Waals surface area contributed by atoms with Crippen molar-refractivity contribution in [2.24, 2.45) is 0 Å². The van der Waals surface area contributed by atoms with Crippen LogP contribution in [0.2, 0.25) is 0 Å². The second kappa shape index (κ2) is 7.83.